The third kappa shape index (κ3) is 6.84. The predicted molar refractivity (Wildman–Crippen MR) is 106 cm³/mol. The summed E-state index contributed by atoms with van der Waals surface area (Å²) in [6, 6.07) is 6.70. The van der Waals surface area contributed by atoms with Crippen LogP contribution >= 0.6 is 0 Å². The van der Waals surface area contributed by atoms with Gasteiger partial charge in [-0.2, -0.15) is 0 Å². The van der Waals surface area contributed by atoms with Gasteiger partial charge in [0.2, 0.25) is 15.9 Å². The molecule has 8 nitrogen and oxygen atoms in total. The highest BCUT2D eigenvalue weighted by molar-refractivity contribution is 7.89. The molecular formula is C18H29N5O3S. The highest BCUT2D eigenvalue weighted by Gasteiger charge is 2.17. The van der Waals surface area contributed by atoms with Gasteiger partial charge in [0.05, 0.1) is 4.90 Å². The molecule has 3 N–H and O–H groups in total. The number of rotatable bonds is 8. The number of sulfonamides is 1. The van der Waals surface area contributed by atoms with E-state index in [1.807, 2.05) is 18.7 Å². The summed E-state index contributed by atoms with van der Waals surface area (Å²) in [5.74, 6) is 0.518. The van der Waals surface area contributed by atoms with Crippen LogP contribution in [-0.4, -0.2) is 64.5 Å². The molecule has 1 saturated heterocycles. The minimum absolute atomic E-state index is 0.0183. The Morgan fingerprint density at radius 1 is 1.11 bits per heavy atom. The Hall–Kier alpha value is -2.13. The van der Waals surface area contributed by atoms with Gasteiger partial charge in [-0.25, -0.2) is 18.1 Å². The second-order valence-corrected chi connectivity index (χ2v) is 8.19. The number of nitrogens with one attached hydrogen (secondary N) is 3. The lowest BCUT2D eigenvalue weighted by Gasteiger charge is -2.15. The van der Waals surface area contributed by atoms with Gasteiger partial charge in [-0.3, -0.25) is 4.79 Å². The number of amides is 1. The average Bonchev–Trinajstić information content (AvgIpc) is 3.18. The molecule has 1 amide bonds. The number of nitrogens with zero attached hydrogens (tertiary/aromatic N) is 2. The maximum Gasteiger partial charge on any atom is 0.244 e. The zero-order valence-corrected chi connectivity index (χ0v) is 16.8. The molecule has 0 atom stereocenters. The van der Waals surface area contributed by atoms with E-state index in [1.165, 1.54) is 0 Å². The molecular weight excluding hydrogens is 366 g/mol. The van der Waals surface area contributed by atoms with Crippen LogP contribution in [0.4, 0.5) is 0 Å². The molecule has 1 aliphatic heterocycles. The van der Waals surface area contributed by atoms with Gasteiger partial charge in [-0.1, -0.05) is 17.7 Å². The number of carbonyl (C=O) groups excluding carboxylic acids is 1. The monoisotopic (exact) mass is 395 g/mol. The van der Waals surface area contributed by atoms with Crippen molar-refractivity contribution in [2.45, 2.75) is 31.6 Å². The van der Waals surface area contributed by atoms with Gasteiger partial charge in [0.15, 0.2) is 5.96 Å². The number of aryl methyl sites for hydroxylation is 1. The molecule has 0 unspecified atom stereocenters. The first kappa shape index (κ1) is 21.2. The Kier molecular flexibility index (Phi) is 8.05. The fourth-order valence-electron chi connectivity index (χ4n) is 2.72. The van der Waals surface area contributed by atoms with Gasteiger partial charge in [0.25, 0.3) is 0 Å². The molecule has 1 aromatic rings. The van der Waals surface area contributed by atoms with E-state index in [0.29, 0.717) is 19.0 Å². The zero-order valence-electron chi connectivity index (χ0n) is 16.0. The van der Waals surface area contributed by atoms with E-state index in [0.717, 1.165) is 31.5 Å². The molecule has 1 fully saturated rings. The molecule has 0 radical (unpaired) electrons. The summed E-state index contributed by atoms with van der Waals surface area (Å²) >= 11 is 0. The first-order valence-electron chi connectivity index (χ1n) is 9.28. The normalized spacial score (nSPS) is 15.0. The predicted octanol–water partition coefficient (Wildman–Crippen LogP) is 0.451. The minimum atomic E-state index is -3.54. The van der Waals surface area contributed by atoms with E-state index in [9.17, 15) is 13.2 Å². The highest BCUT2D eigenvalue weighted by atomic mass is 32.2. The van der Waals surface area contributed by atoms with E-state index in [-0.39, 0.29) is 23.9 Å². The summed E-state index contributed by atoms with van der Waals surface area (Å²) in [5.41, 5.74) is 1.01. The molecule has 27 heavy (non-hydrogen) atoms. The molecule has 150 valence electrons. The van der Waals surface area contributed by atoms with Gasteiger partial charge in [0, 0.05) is 32.7 Å². The molecule has 0 aliphatic carbocycles. The summed E-state index contributed by atoms with van der Waals surface area (Å²) in [6.07, 6.45) is 2.10. The maximum absolute atomic E-state index is 12.2. The smallest absolute Gasteiger partial charge is 0.244 e. The SMILES string of the molecule is CCNC(=NCC(=O)N1CCCC1)NCCNS(=O)(=O)c1ccc(C)cc1. The lowest BCUT2D eigenvalue weighted by atomic mass is 10.2. The standard InChI is InChI=1S/C18H29N5O3S/c1-3-19-18(21-14-17(24)23-12-4-5-13-23)20-10-11-22-27(25,26)16-8-6-15(2)7-9-16/h6-9,22H,3-5,10-14H2,1-2H3,(H2,19,20,21). The summed E-state index contributed by atoms with van der Waals surface area (Å²) in [4.78, 5) is 18.4. The Balaban J connectivity index is 1.80. The lowest BCUT2D eigenvalue weighted by molar-refractivity contribution is -0.128. The molecule has 9 heteroatoms. The summed E-state index contributed by atoms with van der Waals surface area (Å²) in [7, 11) is -3.54. The Morgan fingerprint density at radius 2 is 1.78 bits per heavy atom. The van der Waals surface area contributed by atoms with Crippen LogP contribution in [0, 0.1) is 6.92 Å². The van der Waals surface area contributed by atoms with Crippen LogP contribution in [-0.2, 0) is 14.8 Å². The summed E-state index contributed by atoms with van der Waals surface area (Å²) in [6.45, 7) is 6.75. The third-order valence-corrected chi connectivity index (χ3v) is 5.69. The Labute approximate surface area is 161 Å². The number of hydrogen-bond acceptors (Lipinski definition) is 4. The number of guanidine groups is 1. The summed E-state index contributed by atoms with van der Waals surface area (Å²) < 4.78 is 27.0. The quantitative estimate of drug-likeness (QED) is 0.337. The molecule has 1 heterocycles. The van der Waals surface area contributed by atoms with Crippen molar-refractivity contribution in [2.24, 2.45) is 4.99 Å². The van der Waals surface area contributed by atoms with Crippen molar-refractivity contribution >= 4 is 21.9 Å². The van der Waals surface area contributed by atoms with E-state index >= 15 is 0 Å². The minimum Gasteiger partial charge on any atom is -0.357 e. The van der Waals surface area contributed by atoms with E-state index < -0.39 is 10.0 Å². The van der Waals surface area contributed by atoms with Crippen molar-refractivity contribution in [1.82, 2.24) is 20.3 Å². The Bertz CT molecular complexity index is 741. The summed E-state index contributed by atoms with van der Waals surface area (Å²) in [5, 5.41) is 6.10. The Morgan fingerprint density at radius 3 is 2.41 bits per heavy atom. The number of likely N-dealkylation sites (tertiary alicyclic amines) is 1. The van der Waals surface area contributed by atoms with Crippen LogP contribution in [0.3, 0.4) is 0 Å². The molecule has 0 saturated carbocycles. The van der Waals surface area contributed by atoms with Crippen LogP contribution in [0.5, 0.6) is 0 Å². The first-order chi connectivity index (χ1) is 12.9. The van der Waals surface area contributed by atoms with E-state index in [1.54, 1.807) is 24.3 Å². The number of aliphatic imine (C=N–C) groups is 1. The lowest BCUT2D eigenvalue weighted by Crippen LogP contribution is -2.42. The van der Waals surface area contributed by atoms with Crippen LogP contribution in [0.1, 0.15) is 25.3 Å². The van der Waals surface area contributed by atoms with Crippen LogP contribution in [0.25, 0.3) is 0 Å². The zero-order chi connectivity index (χ0) is 19.7. The van der Waals surface area contributed by atoms with E-state index in [4.69, 9.17) is 0 Å². The average molecular weight is 396 g/mol. The van der Waals surface area contributed by atoms with Gasteiger partial charge in [-0.05, 0) is 38.8 Å². The molecule has 1 aromatic carbocycles. The molecule has 0 aromatic heterocycles. The highest BCUT2D eigenvalue weighted by Crippen LogP contribution is 2.09. The van der Waals surface area contributed by atoms with Gasteiger partial charge in [-0.15, -0.1) is 0 Å². The van der Waals surface area contributed by atoms with Crippen LogP contribution < -0.4 is 15.4 Å². The van der Waals surface area contributed by atoms with Crippen LogP contribution in [0.15, 0.2) is 34.2 Å². The second-order valence-electron chi connectivity index (χ2n) is 6.42. The van der Waals surface area contributed by atoms with Crippen molar-refractivity contribution in [1.29, 1.82) is 0 Å². The largest absolute Gasteiger partial charge is 0.357 e. The molecule has 1 aliphatic rings. The van der Waals surface area contributed by atoms with Crippen molar-refractivity contribution < 1.29 is 13.2 Å². The molecule has 0 spiro atoms. The van der Waals surface area contributed by atoms with Crippen molar-refractivity contribution in [2.75, 3.05) is 39.3 Å². The molecule has 0 bridgehead atoms. The van der Waals surface area contributed by atoms with Crippen LogP contribution in [0.2, 0.25) is 0 Å². The van der Waals surface area contributed by atoms with Gasteiger partial charge >= 0.3 is 0 Å². The maximum atomic E-state index is 12.2. The fourth-order valence-corrected chi connectivity index (χ4v) is 3.75. The van der Waals surface area contributed by atoms with E-state index in [2.05, 4.69) is 20.3 Å². The van der Waals surface area contributed by atoms with Gasteiger partial charge in [0.1, 0.15) is 6.54 Å². The van der Waals surface area contributed by atoms with Crippen molar-refractivity contribution in [3.63, 3.8) is 0 Å². The van der Waals surface area contributed by atoms with Crippen molar-refractivity contribution in [3.05, 3.63) is 29.8 Å². The first-order valence-corrected chi connectivity index (χ1v) is 10.8. The number of benzene rings is 1. The van der Waals surface area contributed by atoms with Crippen molar-refractivity contribution in [3.8, 4) is 0 Å². The number of carbonyl (C=O) groups is 1. The van der Waals surface area contributed by atoms with Gasteiger partial charge < -0.3 is 15.5 Å². The molecule has 2 rings (SSSR count). The third-order valence-electron chi connectivity index (χ3n) is 4.22. The number of hydrogen-bond donors (Lipinski definition) is 3. The second kappa shape index (κ2) is 10.3. The fraction of sp³-hybridized carbons (Fsp3) is 0.556. The topological polar surface area (TPSA) is 103 Å².